The fraction of sp³-hybridized carbons (Fsp3) is 0.476. The summed E-state index contributed by atoms with van der Waals surface area (Å²) in [6.07, 6.45) is 4.65. The Kier molecular flexibility index (Phi) is 6.57. The third kappa shape index (κ3) is 4.92. The number of aromatic nitrogens is 1. The smallest absolute Gasteiger partial charge is 0.230 e. The third-order valence-electron chi connectivity index (χ3n) is 4.98. The molecule has 2 aromatic rings. The first-order valence-electron chi connectivity index (χ1n) is 9.50. The first-order chi connectivity index (χ1) is 13.1. The molecule has 1 aromatic heterocycles. The van der Waals surface area contributed by atoms with Gasteiger partial charge in [0.15, 0.2) is 0 Å². The minimum Gasteiger partial charge on any atom is -0.494 e. The van der Waals surface area contributed by atoms with E-state index in [-0.39, 0.29) is 17.7 Å². The van der Waals surface area contributed by atoms with Crippen LogP contribution in [0.5, 0.6) is 5.75 Å². The van der Waals surface area contributed by atoms with E-state index >= 15 is 0 Å². The quantitative estimate of drug-likeness (QED) is 0.753. The van der Waals surface area contributed by atoms with Crippen molar-refractivity contribution in [3.8, 4) is 11.8 Å². The fourth-order valence-electron chi connectivity index (χ4n) is 3.50. The molecule has 1 aliphatic rings. The lowest BCUT2D eigenvalue weighted by Gasteiger charge is -2.29. The average molecular weight is 384 g/mol. The third-order valence-corrected chi connectivity index (χ3v) is 5.97. The van der Waals surface area contributed by atoms with Crippen LogP contribution in [0, 0.1) is 17.2 Å². The zero-order valence-electron chi connectivity index (χ0n) is 15.8. The Balaban J connectivity index is 1.69. The molecule has 1 aliphatic carbocycles. The van der Waals surface area contributed by atoms with Crippen molar-refractivity contribution < 1.29 is 9.53 Å². The molecule has 1 N–H and O–H groups in total. The highest BCUT2D eigenvalue weighted by Crippen LogP contribution is 2.28. The van der Waals surface area contributed by atoms with E-state index in [0.717, 1.165) is 23.1 Å². The van der Waals surface area contributed by atoms with Gasteiger partial charge in [0.25, 0.3) is 0 Å². The van der Waals surface area contributed by atoms with E-state index in [1.165, 1.54) is 31.0 Å². The molecule has 0 bridgehead atoms. The van der Waals surface area contributed by atoms with E-state index in [4.69, 9.17) is 4.74 Å². The van der Waals surface area contributed by atoms with Crippen LogP contribution in [0.3, 0.4) is 0 Å². The van der Waals surface area contributed by atoms with Crippen LogP contribution in [0.15, 0.2) is 29.3 Å². The maximum absolute atomic E-state index is 12.4. The van der Waals surface area contributed by atoms with Crippen LogP contribution in [-0.4, -0.2) is 29.3 Å². The highest BCUT2D eigenvalue weighted by atomic mass is 32.2. The van der Waals surface area contributed by atoms with Crippen LogP contribution in [0.2, 0.25) is 0 Å². The van der Waals surface area contributed by atoms with Crippen molar-refractivity contribution >= 4 is 28.6 Å². The Labute approximate surface area is 164 Å². The number of hydrogen-bond acceptors (Lipinski definition) is 5. The lowest BCUT2D eigenvalue weighted by Crippen LogP contribution is -2.41. The van der Waals surface area contributed by atoms with Crippen LogP contribution in [0.4, 0.5) is 0 Å². The summed E-state index contributed by atoms with van der Waals surface area (Å²) in [6, 6.07) is 9.92. The van der Waals surface area contributed by atoms with Gasteiger partial charge < -0.3 is 10.1 Å². The Morgan fingerprint density at radius 3 is 2.93 bits per heavy atom. The number of fused-ring (bicyclic) bond motifs is 1. The van der Waals surface area contributed by atoms with Gasteiger partial charge in [0, 0.05) is 11.4 Å². The number of ether oxygens (including phenoxy) is 1. The number of pyridine rings is 1. The number of nitriles is 1. The van der Waals surface area contributed by atoms with Crippen LogP contribution >= 0.6 is 11.8 Å². The second-order valence-electron chi connectivity index (χ2n) is 6.96. The van der Waals surface area contributed by atoms with Crippen molar-refractivity contribution in [3.05, 3.63) is 29.8 Å². The summed E-state index contributed by atoms with van der Waals surface area (Å²) in [5.74, 6) is 1.57. The maximum atomic E-state index is 12.4. The fourth-order valence-corrected chi connectivity index (χ4v) is 4.27. The van der Waals surface area contributed by atoms with Gasteiger partial charge in [-0.1, -0.05) is 31.5 Å². The van der Waals surface area contributed by atoms with Crippen molar-refractivity contribution in [3.63, 3.8) is 0 Å². The van der Waals surface area contributed by atoms with Gasteiger partial charge in [-0.05, 0) is 49.9 Å². The largest absolute Gasteiger partial charge is 0.494 e. The molecule has 1 heterocycles. The van der Waals surface area contributed by atoms with Gasteiger partial charge in [-0.25, -0.2) is 4.98 Å². The number of carbonyl (C=O) groups is 1. The molecule has 0 radical (unpaired) electrons. The van der Waals surface area contributed by atoms with Gasteiger partial charge in [0.1, 0.15) is 16.8 Å². The summed E-state index contributed by atoms with van der Waals surface area (Å²) >= 11 is 1.32. The molecule has 1 saturated carbocycles. The Morgan fingerprint density at radius 2 is 2.19 bits per heavy atom. The van der Waals surface area contributed by atoms with E-state index in [0.29, 0.717) is 23.1 Å². The van der Waals surface area contributed by atoms with E-state index in [9.17, 15) is 10.1 Å². The standard InChI is InChI=1S/C21H25N3O2S/c1-3-26-17-8-9-19-15(11-17)10-16(12-22)21(24-19)27-13-20(25)23-18-7-5-4-6-14(18)2/h8-11,14,18H,3-7,13H2,1-2H3,(H,23,25)/t14-,18-/m1/s1. The van der Waals surface area contributed by atoms with Gasteiger partial charge in [0.2, 0.25) is 5.91 Å². The number of carbonyl (C=O) groups excluding carboxylic acids is 1. The number of hydrogen-bond donors (Lipinski definition) is 1. The van der Waals surface area contributed by atoms with Crippen molar-refractivity contribution in [1.29, 1.82) is 5.26 Å². The lowest BCUT2D eigenvalue weighted by atomic mass is 9.86. The van der Waals surface area contributed by atoms with Crippen LogP contribution in [0.25, 0.3) is 10.9 Å². The minimum absolute atomic E-state index is 0.0104. The molecule has 6 heteroatoms. The summed E-state index contributed by atoms with van der Waals surface area (Å²) in [5, 5.41) is 14.1. The van der Waals surface area contributed by atoms with Crippen LogP contribution in [0.1, 0.15) is 45.1 Å². The molecule has 1 amide bonds. The number of thioether (sulfide) groups is 1. The normalized spacial score (nSPS) is 19.4. The first-order valence-corrected chi connectivity index (χ1v) is 10.5. The van der Waals surface area contributed by atoms with Gasteiger partial charge in [-0.15, -0.1) is 0 Å². The maximum Gasteiger partial charge on any atom is 0.230 e. The summed E-state index contributed by atoms with van der Waals surface area (Å²) in [4.78, 5) is 16.9. The molecule has 1 fully saturated rings. The SMILES string of the molecule is CCOc1ccc2nc(SCC(=O)N[C@@H]3CCCC[C@H]3C)c(C#N)cc2c1. The zero-order chi connectivity index (χ0) is 19.2. The number of amides is 1. The van der Waals surface area contributed by atoms with E-state index in [1.54, 1.807) is 0 Å². The molecule has 27 heavy (non-hydrogen) atoms. The van der Waals surface area contributed by atoms with Gasteiger partial charge in [0.05, 0.1) is 23.4 Å². The second kappa shape index (κ2) is 9.09. The van der Waals surface area contributed by atoms with E-state index < -0.39 is 0 Å². The molecular weight excluding hydrogens is 358 g/mol. The first kappa shape index (κ1) is 19.5. The highest BCUT2D eigenvalue weighted by Gasteiger charge is 2.23. The predicted molar refractivity (Wildman–Crippen MR) is 108 cm³/mol. The molecule has 1 aromatic carbocycles. The number of benzene rings is 1. The molecule has 0 unspecified atom stereocenters. The second-order valence-corrected chi connectivity index (χ2v) is 7.93. The van der Waals surface area contributed by atoms with Gasteiger partial charge in [-0.3, -0.25) is 4.79 Å². The summed E-state index contributed by atoms with van der Waals surface area (Å²) < 4.78 is 5.51. The minimum atomic E-state index is 0.0104. The number of nitrogens with zero attached hydrogens (tertiary/aromatic N) is 2. The predicted octanol–water partition coefficient (Wildman–Crippen LogP) is 4.29. The molecule has 3 rings (SSSR count). The lowest BCUT2D eigenvalue weighted by molar-refractivity contribution is -0.119. The zero-order valence-corrected chi connectivity index (χ0v) is 16.6. The monoisotopic (exact) mass is 383 g/mol. The van der Waals surface area contributed by atoms with Crippen LogP contribution in [-0.2, 0) is 4.79 Å². The molecular formula is C21H25N3O2S. The summed E-state index contributed by atoms with van der Waals surface area (Å²) in [5.41, 5.74) is 1.28. The number of rotatable bonds is 6. The van der Waals surface area contributed by atoms with Crippen molar-refractivity contribution in [2.24, 2.45) is 5.92 Å². The van der Waals surface area contributed by atoms with Gasteiger partial charge in [-0.2, -0.15) is 5.26 Å². The highest BCUT2D eigenvalue weighted by molar-refractivity contribution is 8.00. The Morgan fingerprint density at radius 1 is 1.37 bits per heavy atom. The van der Waals surface area contributed by atoms with E-state index in [1.807, 2.05) is 31.2 Å². The molecule has 0 aliphatic heterocycles. The molecule has 0 spiro atoms. The summed E-state index contributed by atoms with van der Waals surface area (Å²) in [6.45, 7) is 4.72. The average Bonchev–Trinajstić information content (AvgIpc) is 2.67. The molecule has 2 atom stereocenters. The van der Waals surface area contributed by atoms with E-state index in [2.05, 4.69) is 23.3 Å². The molecule has 142 valence electrons. The Bertz CT molecular complexity index is 862. The summed E-state index contributed by atoms with van der Waals surface area (Å²) in [7, 11) is 0. The Hall–Kier alpha value is -2.26. The topological polar surface area (TPSA) is 75.0 Å². The van der Waals surface area contributed by atoms with Gasteiger partial charge >= 0.3 is 0 Å². The van der Waals surface area contributed by atoms with Crippen LogP contribution < -0.4 is 10.1 Å². The van der Waals surface area contributed by atoms with Crippen molar-refractivity contribution in [1.82, 2.24) is 10.3 Å². The molecule has 0 saturated heterocycles. The number of nitrogens with one attached hydrogen (secondary N) is 1. The molecule has 5 nitrogen and oxygen atoms in total. The van der Waals surface area contributed by atoms with Crippen molar-refractivity contribution in [2.75, 3.05) is 12.4 Å². The van der Waals surface area contributed by atoms with Crippen molar-refractivity contribution in [2.45, 2.75) is 50.6 Å².